The van der Waals surface area contributed by atoms with Crippen molar-refractivity contribution in [3.05, 3.63) is 72.1 Å². The molecule has 1 heterocycles. The maximum absolute atomic E-state index is 12.7. The van der Waals surface area contributed by atoms with Crippen molar-refractivity contribution in [2.75, 3.05) is 6.54 Å². The molecule has 0 bridgehead atoms. The van der Waals surface area contributed by atoms with Crippen molar-refractivity contribution in [2.45, 2.75) is 65.5 Å². The standard InChI is InChI=1S/C24H34N2O/c1-4-6-7-8-9-15-24(27)26(16-5-2)20-23-14-11-17-25(23)19-22-13-10-12-21(3)18-22/h5,10-14,17-18H,2,4,6-9,15-16,19-20H2,1,3H3. The Labute approximate surface area is 164 Å². The summed E-state index contributed by atoms with van der Waals surface area (Å²) in [6, 6.07) is 12.8. The summed E-state index contributed by atoms with van der Waals surface area (Å²) < 4.78 is 2.24. The number of rotatable bonds is 12. The Kier molecular flexibility index (Phi) is 8.90. The minimum atomic E-state index is 0.231. The van der Waals surface area contributed by atoms with Crippen LogP contribution in [0.1, 0.15) is 62.3 Å². The van der Waals surface area contributed by atoms with Gasteiger partial charge in [-0.15, -0.1) is 6.58 Å². The van der Waals surface area contributed by atoms with Crippen molar-refractivity contribution in [2.24, 2.45) is 0 Å². The Morgan fingerprint density at radius 2 is 1.96 bits per heavy atom. The fourth-order valence-corrected chi connectivity index (χ4v) is 3.40. The monoisotopic (exact) mass is 366 g/mol. The fourth-order valence-electron chi connectivity index (χ4n) is 3.40. The van der Waals surface area contributed by atoms with Crippen molar-refractivity contribution in [1.29, 1.82) is 0 Å². The molecule has 0 saturated carbocycles. The van der Waals surface area contributed by atoms with Crippen LogP contribution in [0, 0.1) is 6.92 Å². The minimum absolute atomic E-state index is 0.231. The first-order chi connectivity index (χ1) is 13.1. The lowest BCUT2D eigenvalue weighted by atomic mass is 10.1. The van der Waals surface area contributed by atoms with Gasteiger partial charge in [0.25, 0.3) is 0 Å². The topological polar surface area (TPSA) is 25.2 Å². The summed E-state index contributed by atoms with van der Waals surface area (Å²) in [4.78, 5) is 14.6. The first kappa shape index (κ1) is 21.0. The summed E-state index contributed by atoms with van der Waals surface area (Å²) in [6.07, 6.45) is 10.4. The number of hydrogen-bond donors (Lipinski definition) is 0. The maximum Gasteiger partial charge on any atom is 0.223 e. The fraction of sp³-hybridized carbons (Fsp3) is 0.458. The molecule has 1 aromatic heterocycles. The zero-order chi connectivity index (χ0) is 19.5. The van der Waals surface area contributed by atoms with Gasteiger partial charge in [-0.05, 0) is 31.0 Å². The average Bonchev–Trinajstić information content (AvgIpc) is 3.08. The van der Waals surface area contributed by atoms with Crippen molar-refractivity contribution in [1.82, 2.24) is 9.47 Å². The van der Waals surface area contributed by atoms with E-state index in [0.29, 0.717) is 19.5 Å². The van der Waals surface area contributed by atoms with Gasteiger partial charge in [-0.3, -0.25) is 4.79 Å². The quantitative estimate of drug-likeness (QED) is 0.348. The molecule has 3 heteroatoms. The van der Waals surface area contributed by atoms with E-state index in [1.807, 2.05) is 11.0 Å². The highest BCUT2D eigenvalue weighted by molar-refractivity contribution is 5.76. The number of nitrogens with zero attached hydrogens (tertiary/aromatic N) is 2. The minimum Gasteiger partial charge on any atom is -0.345 e. The number of hydrogen-bond acceptors (Lipinski definition) is 1. The summed E-state index contributed by atoms with van der Waals surface area (Å²) in [7, 11) is 0. The SMILES string of the molecule is C=CCN(Cc1cccn1Cc1cccc(C)c1)C(=O)CCCCCCC. The smallest absolute Gasteiger partial charge is 0.223 e. The van der Waals surface area contributed by atoms with Crippen LogP contribution in [-0.2, 0) is 17.9 Å². The summed E-state index contributed by atoms with van der Waals surface area (Å²) in [5.41, 5.74) is 3.72. The molecule has 1 aromatic carbocycles. The van der Waals surface area contributed by atoms with E-state index in [1.165, 1.54) is 30.4 Å². The second-order valence-electron chi connectivity index (χ2n) is 7.34. The van der Waals surface area contributed by atoms with E-state index in [1.54, 1.807) is 0 Å². The van der Waals surface area contributed by atoms with Gasteiger partial charge in [0.15, 0.2) is 0 Å². The molecule has 0 aliphatic carbocycles. The van der Waals surface area contributed by atoms with Crippen LogP contribution in [-0.4, -0.2) is 21.9 Å². The number of aromatic nitrogens is 1. The van der Waals surface area contributed by atoms with Crippen molar-refractivity contribution in [3.63, 3.8) is 0 Å². The molecule has 146 valence electrons. The molecule has 0 atom stereocenters. The summed E-state index contributed by atoms with van der Waals surface area (Å²) in [5, 5.41) is 0. The first-order valence-electron chi connectivity index (χ1n) is 10.2. The van der Waals surface area contributed by atoms with E-state index in [-0.39, 0.29) is 5.91 Å². The third-order valence-corrected chi connectivity index (χ3v) is 4.91. The van der Waals surface area contributed by atoms with Gasteiger partial charge in [0, 0.05) is 31.4 Å². The summed E-state index contributed by atoms with van der Waals surface area (Å²) in [6.45, 7) is 10.2. The second-order valence-corrected chi connectivity index (χ2v) is 7.34. The lowest BCUT2D eigenvalue weighted by Gasteiger charge is -2.22. The van der Waals surface area contributed by atoms with E-state index >= 15 is 0 Å². The predicted octanol–water partition coefficient (Wildman–Crippen LogP) is 5.72. The number of carbonyl (C=O) groups is 1. The molecular formula is C24H34N2O. The van der Waals surface area contributed by atoms with Gasteiger partial charge in [-0.25, -0.2) is 0 Å². The Hall–Kier alpha value is -2.29. The van der Waals surface area contributed by atoms with Crippen LogP contribution in [0.5, 0.6) is 0 Å². The molecule has 0 radical (unpaired) electrons. The van der Waals surface area contributed by atoms with Gasteiger partial charge in [0.05, 0.1) is 6.54 Å². The molecule has 0 aliphatic heterocycles. The number of carbonyl (C=O) groups excluding carboxylic acids is 1. The summed E-state index contributed by atoms with van der Waals surface area (Å²) in [5.74, 6) is 0.231. The number of amides is 1. The van der Waals surface area contributed by atoms with Gasteiger partial charge in [0.1, 0.15) is 0 Å². The predicted molar refractivity (Wildman–Crippen MR) is 114 cm³/mol. The molecule has 0 spiro atoms. The molecule has 2 rings (SSSR count). The summed E-state index contributed by atoms with van der Waals surface area (Å²) >= 11 is 0. The normalized spacial score (nSPS) is 10.7. The molecule has 0 aliphatic rings. The van der Waals surface area contributed by atoms with Gasteiger partial charge in [-0.1, -0.05) is 68.5 Å². The van der Waals surface area contributed by atoms with Crippen LogP contribution < -0.4 is 0 Å². The van der Waals surface area contributed by atoms with Crippen molar-refractivity contribution in [3.8, 4) is 0 Å². The number of aryl methyl sites for hydroxylation is 1. The first-order valence-corrected chi connectivity index (χ1v) is 10.2. The second kappa shape index (κ2) is 11.4. The van der Waals surface area contributed by atoms with E-state index in [2.05, 4.69) is 67.6 Å². The molecule has 0 saturated heterocycles. The average molecular weight is 367 g/mol. The largest absolute Gasteiger partial charge is 0.345 e. The zero-order valence-electron chi connectivity index (χ0n) is 17.0. The zero-order valence-corrected chi connectivity index (χ0v) is 17.0. The van der Waals surface area contributed by atoms with E-state index in [4.69, 9.17) is 0 Å². The van der Waals surface area contributed by atoms with E-state index < -0.39 is 0 Å². The van der Waals surface area contributed by atoms with Crippen molar-refractivity contribution >= 4 is 5.91 Å². The van der Waals surface area contributed by atoms with Crippen LogP contribution >= 0.6 is 0 Å². The Bertz CT molecular complexity index is 717. The van der Waals surface area contributed by atoms with Gasteiger partial charge >= 0.3 is 0 Å². The molecule has 3 nitrogen and oxygen atoms in total. The van der Waals surface area contributed by atoms with Gasteiger partial charge in [0.2, 0.25) is 5.91 Å². The van der Waals surface area contributed by atoms with Crippen LogP contribution in [0.15, 0.2) is 55.3 Å². The van der Waals surface area contributed by atoms with Crippen LogP contribution in [0.2, 0.25) is 0 Å². The number of benzene rings is 1. The van der Waals surface area contributed by atoms with E-state index in [0.717, 1.165) is 25.1 Å². The highest BCUT2D eigenvalue weighted by Gasteiger charge is 2.14. The van der Waals surface area contributed by atoms with Crippen molar-refractivity contribution < 1.29 is 4.79 Å². The number of unbranched alkanes of at least 4 members (excludes halogenated alkanes) is 4. The lowest BCUT2D eigenvalue weighted by Crippen LogP contribution is -2.31. The van der Waals surface area contributed by atoms with Crippen LogP contribution in [0.3, 0.4) is 0 Å². The molecule has 0 unspecified atom stereocenters. The molecule has 27 heavy (non-hydrogen) atoms. The molecule has 0 N–H and O–H groups in total. The third kappa shape index (κ3) is 7.09. The van der Waals surface area contributed by atoms with Crippen LogP contribution in [0.4, 0.5) is 0 Å². The molecule has 0 fully saturated rings. The molecule has 2 aromatic rings. The molecule has 1 amide bonds. The Morgan fingerprint density at radius 1 is 1.15 bits per heavy atom. The highest BCUT2D eigenvalue weighted by Crippen LogP contribution is 2.14. The Morgan fingerprint density at radius 3 is 2.70 bits per heavy atom. The lowest BCUT2D eigenvalue weighted by molar-refractivity contribution is -0.131. The van der Waals surface area contributed by atoms with Crippen LogP contribution in [0.25, 0.3) is 0 Å². The maximum atomic E-state index is 12.7. The third-order valence-electron chi connectivity index (χ3n) is 4.91. The van der Waals surface area contributed by atoms with Gasteiger partial charge in [-0.2, -0.15) is 0 Å². The van der Waals surface area contributed by atoms with E-state index in [9.17, 15) is 4.79 Å². The van der Waals surface area contributed by atoms with Gasteiger partial charge < -0.3 is 9.47 Å². The molecular weight excluding hydrogens is 332 g/mol. The highest BCUT2D eigenvalue weighted by atomic mass is 16.2. The Balaban J connectivity index is 1.96.